The fraction of sp³-hybridized carbons (Fsp3) is 0.438. The van der Waals surface area contributed by atoms with Crippen LogP contribution in [-0.2, 0) is 10.5 Å². The molecule has 1 aliphatic rings. The zero-order valence-electron chi connectivity index (χ0n) is 13.1. The van der Waals surface area contributed by atoms with E-state index in [1.165, 1.54) is 17.8 Å². The van der Waals surface area contributed by atoms with E-state index in [0.717, 1.165) is 18.4 Å². The monoisotopic (exact) mass is 335 g/mol. The summed E-state index contributed by atoms with van der Waals surface area (Å²) in [6.07, 6.45) is 1.63. The lowest BCUT2D eigenvalue weighted by Gasteiger charge is -2.32. The average molecular weight is 335 g/mol. The highest BCUT2D eigenvalue weighted by Gasteiger charge is 2.31. The molecule has 1 atom stereocenters. The third-order valence-electron chi connectivity index (χ3n) is 3.77. The van der Waals surface area contributed by atoms with Crippen molar-refractivity contribution in [2.75, 3.05) is 11.4 Å². The van der Waals surface area contributed by atoms with Crippen molar-refractivity contribution < 1.29 is 13.7 Å². The number of benzene rings is 1. The Hall–Kier alpha value is -1.89. The van der Waals surface area contributed by atoms with Crippen LogP contribution in [0.25, 0.3) is 0 Å². The molecule has 1 fully saturated rings. The molecule has 1 saturated heterocycles. The van der Waals surface area contributed by atoms with E-state index in [1.54, 1.807) is 24.0 Å². The van der Waals surface area contributed by atoms with Gasteiger partial charge in [-0.3, -0.25) is 4.79 Å². The Bertz CT molecular complexity index is 719. The van der Waals surface area contributed by atoms with Crippen molar-refractivity contribution in [3.05, 3.63) is 41.3 Å². The molecule has 1 aliphatic heterocycles. The Labute approximate surface area is 138 Å². The molecule has 0 N–H and O–H groups in total. The molecule has 0 aliphatic carbocycles. The van der Waals surface area contributed by atoms with Crippen LogP contribution in [0.15, 0.2) is 22.7 Å². The van der Waals surface area contributed by atoms with Crippen LogP contribution in [0, 0.1) is 19.7 Å². The topological polar surface area (TPSA) is 59.2 Å². The summed E-state index contributed by atoms with van der Waals surface area (Å²) in [6, 6.07) is 4.84. The van der Waals surface area contributed by atoms with E-state index in [4.69, 9.17) is 4.52 Å². The molecule has 122 valence electrons. The second-order valence-electron chi connectivity index (χ2n) is 5.62. The number of aromatic nitrogens is 2. The van der Waals surface area contributed by atoms with Gasteiger partial charge in [0.1, 0.15) is 5.82 Å². The largest absolute Gasteiger partial charge is 0.340 e. The first-order valence-corrected chi connectivity index (χ1v) is 8.58. The molecule has 2 heterocycles. The third kappa shape index (κ3) is 3.55. The quantitative estimate of drug-likeness (QED) is 0.858. The van der Waals surface area contributed by atoms with Crippen LogP contribution in [0.2, 0.25) is 0 Å². The number of anilines is 1. The van der Waals surface area contributed by atoms with Crippen molar-refractivity contribution in [3.63, 3.8) is 0 Å². The van der Waals surface area contributed by atoms with Crippen LogP contribution in [0.3, 0.4) is 0 Å². The van der Waals surface area contributed by atoms with Crippen LogP contribution in [-0.4, -0.2) is 27.8 Å². The summed E-state index contributed by atoms with van der Waals surface area (Å²) in [7, 11) is 0. The highest BCUT2D eigenvalue weighted by Crippen LogP contribution is 2.31. The fourth-order valence-corrected chi connectivity index (χ4v) is 3.71. The number of amides is 1. The summed E-state index contributed by atoms with van der Waals surface area (Å²) >= 11 is 1.48. The SMILES string of the molecule is Cc1ccc(F)c(N2CCC[C@@H](SCc3noc(C)n3)C2=O)c1. The maximum atomic E-state index is 14.1. The summed E-state index contributed by atoms with van der Waals surface area (Å²) in [5, 5.41) is 3.63. The molecule has 0 bridgehead atoms. The van der Waals surface area contributed by atoms with Crippen molar-refractivity contribution in [2.24, 2.45) is 0 Å². The predicted molar refractivity (Wildman–Crippen MR) is 86.8 cm³/mol. The number of carbonyl (C=O) groups is 1. The van der Waals surface area contributed by atoms with E-state index in [9.17, 15) is 9.18 Å². The van der Waals surface area contributed by atoms with E-state index >= 15 is 0 Å². The lowest BCUT2D eigenvalue weighted by atomic mass is 10.1. The van der Waals surface area contributed by atoms with Crippen LogP contribution in [0.5, 0.6) is 0 Å². The number of rotatable bonds is 4. The Morgan fingerprint density at radius 2 is 2.26 bits per heavy atom. The van der Waals surface area contributed by atoms with Gasteiger partial charge >= 0.3 is 0 Å². The van der Waals surface area contributed by atoms with Crippen LogP contribution >= 0.6 is 11.8 Å². The maximum Gasteiger partial charge on any atom is 0.240 e. The molecular weight excluding hydrogens is 317 g/mol. The maximum absolute atomic E-state index is 14.1. The van der Waals surface area contributed by atoms with Gasteiger partial charge in [-0.25, -0.2) is 4.39 Å². The minimum Gasteiger partial charge on any atom is -0.340 e. The summed E-state index contributed by atoms with van der Waals surface area (Å²) in [6.45, 7) is 4.18. The summed E-state index contributed by atoms with van der Waals surface area (Å²) < 4.78 is 19.0. The van der Waals surface area contributed by atoms with E-state index in [2.05, 4.69) is 10.1 Å². The molecule has 1 amide bonds. The first-order valence-electron chi connectivity index (χ1n) is 7.53. The number of hydrogen-bond donors (Lipinski definition) is 0. The molecule has 7 heteroatoms. The number of carbonyl (C=O) groups excluding carboxylic acids is 1. The van der Waals surface area contributed by atoms with E-state index in [1.807, 2.05) is 6.92 Å². The highest BCUT2D eigenvalue weighted by atomic mass is 32.2. The summed E-state index contributed by atoms with van der Waals surface area (Å²) in [5.74, 6) is 1.20. The number of thioether (sulfide) groups is 1. The van der Waals surface area contributed by atoms with E-state index in [0.29, 0.717) is 29.7 Å². The number of hydrogen-bond acceptors (Lipinski definition) is 5. The van der Waals surface area contributed by atoms with Gasteiger partial charge in [-0.05, 0) is 37.5 Å². The number of halogens is 1. The Balaban J connectivity index is 1.71. The van der Waals surface area contributed by atoms with Gasteiger partial charge in [0.2, 0.25) is 11.8 Å². The van der Waals surface area contributed by atoms with Crippen LogP contribution in [0.4, 0.5) is 10.1 Å². The summed E-state index contributed by atoms with van der Waals surface area (Å²) in [5.41, 5.74) is 1.31. The van der Waals surface area contributed by atoms with Crippen molar-refractivity contribution in [3.8, 4) is 0 Å². The molecule has 1 aromatic heterocycles. The lowest BCUT2D eigenvalue weighted by Crippen LogP contribution is -2.43. The van der Waals surface area contributed by atoms with Crippen molar-refractivity contribution >= 4 is 23.4 Å². The Morgan fingerprint density at radius 3 is 3.00 bits per heavy atom. The van der Waals surface area contributed by atoms with Gasteiger partial charge in [-0.1, -0.05) is 11.2 Å². The molecule has 1 aromatic carbocycles. The molecular formula is C16H18FN3O2S. The van der Waals surface area contributed by atoms with Gasteiger partial charge in [-0.15, -0.1) is 11.8 Å². The molecule has 0 radical (unpaired) electrons. The van der Waals surface area contributed by atoms with Crippen molar-refractivity contribution in [1.82, 2.24) is 10.1 Å². The predicted octanol–water partition coefficient (Wildman–Crippen LogP) is 3.25. The van der Waals surface area contributed by atoms with Crippen molar-refractivity contribution in [2.45, 2.75) is 37.7 Å². The molecule has 3 rings (SSSR count). The molecule has 0 spiro atoms. The number of nitrogens with zero attached hydrogens (tertiary/aromatic N) is 3. The van der Waals surface area contributed by atoms with Gasteiger partial charge in [0.05, 0.1) is 16.7 Å². The Morgan fingerprint density at radius 1 is 1.43 bits per heavy atom. The standard InChI is InChI=1S/C16H18FN3O2S/c1-10-5-6-12(17)13(8-10)20-7-3-4-14(16(20)21)23-9-15-18-11(2)22-19-15/h5-6,8,14H,3-4,7,9H2,1-2H3/t14-/m1/s1. The first kappa shape index (κ1) is 16.0. The van der Waals surface area contributed by atoms with Gasteiger partial charge < -0.3 is 9.42 Å². The average Bonchev–Trinajstić information content (AvgIpc) is 2.94. The molecule has 0 saturated carbocycles. The normalized spacial score (nSPS) is 18.5. The Kier molecular flexibility index (Phi) is 4.66. The minimum absolute atomic E-state index is 0.0500. The molecule has 5 nitrogen and oxygen atoms in total. The van der Waals surface area contributed by atoms with Crippen LogP contribution < -0.4 is 4.90 Å². The van der Waals surface area contributed by atoms with Crippen LogP contribution in [0.1, 0.15) is 30.1 Å². The van der Waals surface area contributed by atoms with Crippen molar-refractivity contribution in [1.29, 1.82) is 0 Å². The number of aryl methyl sites for hydroxylation is 2. The lowest BCUT2D eigenvalue weighted by molar-refractivity contribution is -0.119. The summed E-state index contributed by atoms with van der Waals surface area (Å²) in [4.78, 5) is 18.4. The van der Waals surface area contributed by atoms with E-state index in [-0.39, 0.29) is 17.0 Å². The first-order chi connectivity index (χ1) is 11.0. The zero-order valence-corrected chi connectivity index (χ0v) is 13.9. The van der Waals surface area contributed by atoms with Gasteiger partial charge in [0.15, 0.2) is 5.82 Å². The minimum atomic E-state index is -0.358. The smallest absolute Gasteiger partial charge is 0.240 e. The third-order valence-corrected chi connectivity index (χ3v) is 5.03. The van der Waals surface area contributed by atoms with E-state index < -0.39 is 0 Å². The molecule has 0 unspecified atom stereocenters. The number of piperidine rings is 1. The van der Waals surface area contributed by atoms with Gasteiger partial charge in [0.25, 0.3) is 0 Å². The second kappa shape index (κ2) is 6.70. The molecule has 23 heavy (non-hydrogen) atoms. The zero-order chi connectivity index (χ0) is 16.4. The van der Waals surface area contributed by atoms with Gasteiger partial charge in [0, 0.05) is 13.5 Å². The highest BCUT2D eigenvalue weighted by molar-refractivity contribution is 7.99. The van der Waals surface area contributed by atoms with Gasteiger partial charge in [-0.2, -0.15) is 4.98 Å². The second-order valence-corrected chi connectivity index (χ2v) is 6.81. The fourth-order valence-electron chi connectivity index (χ4n) is 2.64. The molecule has 2 aromatic rings.